The smallest absolute Gasteiger partial charge is 0.418 e. The summed E-state index contributed by atoms with van der Waals surface area (Å²) in [5, 5.41) is 11.4. The number of anilines is 2. The Morgan fingerprint density at radius 1 is 1.19 bits per heavy atom. The molecule has 5 heterocycles. The number of hydrogen-bond donors (Lipinski definition) is 3. The maximum Gasteiger partial charge on any atom is 0.418 e. The lowest BCUT2D eigenvalue weighted by Crippen LogP contribution is -2.37. The topological polar surface area (TPSA) is 109 Å². The predicted molar refractivity (Wildman–Crippen MR) is 131 cm³/mol. The summed E-state index contributed by atoms with van der Waals surface area (Å²) in [4.78, 5) is 13.8. The number of oxazole rings is 1. The number of benzene rings is 1. The molecule has 0 bridgehead atoms. The Morgan fingerprint density at radius 3 is 2.73 bits per heavy atom. The predicted octanol–water partition coefficient (Wildman–Crippen LogP) is 3.78. The summed E-state index contributed by atoms with van der Waals surface area (Å²) in [7, 11) is 1.82. The van der Waals surface area contributed by atoms with E-state index in [0.717, 1.165) is 17.3 Å². The van der Waals surface area contributed by atoms with Crippen LogP contribution < -0.4 is 15.5 Å². The largest absolute Gasteiger partial charge is 0.451 e. The second-order valence-electron chi connectivity index (χ2n) is 9.12. The lowest BCUT2D eigenvalue weighted by molar-refractivity contribution is -0.137. The number of halogens is 3. The van der Waals surface area contributed by atoms with Crippen molar-refractivity contribution in [3.8, 4) is 0 Å². The Kier molecular flexibility index (Phi) is 5.59. The summed E-state index contributed by atoms with van der Waals surface area (Å²) in [6, 6.07) is 2.44. The molecule has 37 heavy (non-hydrogen) atoms. The van der Waals surface area contributed by atoms with Crippen LogP contribution in [0.4, 0.5) is 24.5 Å². The van der Waals surface area contributed by atoms with Crippen LogP contribution in [0.3, 0.4) is 0 Å². The minimum Gasteiger partial charge on any atom is -0.451 e. The van der Waals surface area contributed by atoms with E-state index >= 15 is 0 Å². The monoisotopic (exact) mass is 514 g/mol. The average molecular weight is 515 g/mol. The number of aromatic nitrogens is 5. The van der Waals surface area contributed by atoms with Crippen molar-refractivity contribution in [2.75, 3.05) is 43.1 Å². The number of morpholine rings is 1. The quantitative estimate of drug-likeness (QED) is 0.369. The van der Waals surface area contributed by atoms with Crippen molar-refractivity contribution in [2.24, 2.45) is 7.05 Å². The molecule has 0 spiro atoms. The molecule has 0 unspecified atom stereocenters. The van der Waals surface area contributed by atoms with Gasteiger partial charge in [0.05, 0.1) is 52.9 Å². The fourth-order valence-electron chi connectivity index (χ4n) is 4.78. The normalized spacial score (nSPS) is 17.2. The number of alkyl halides is 3. The summed E-state index contributed by atoms with van der Waals surface area (Å²) in [5.41, 5.74) is 3.87. The number of nitrogens with one attached hydrogen (secondary N) is 3. The zero-order valence-electron chi connectivity index (χ0n) is 20.2. The molecule has 0 amide bonds. The molecule has 1 saturated heterocycles. The van der Waals surface area contributed by atoms with Crippen molar-refractivity contribution >= 4 is 33.7 Å². The molecule has 2 aliphatic heterocycles. The Morgan fingerprint density at radius 2 is 2.00 bits per heavy atom. The highest BCUT2D eigenvalue weighted by atomic mass is 19.4. The molecule has 194 valence electrons. The van der Waals surface area contributed by atoms with Gasteiger partial charge in [-0.3, -0.25) is 4.68 Å². The summed E-state index contributed by atoms with van der Waals surface area (Å²) in [5.74, 6) is 0.459. The molecule has 0 aliphatic carbocycles. The first-order valence-electron chi connectivity index (χ1n) is 11.9. The lowest BCUT2D eigenvalue weighted by Gasteiger charge is -2.31. The fraction of sp³-hybridized carbons (Fsp3) is 0.375. The van der Waals surface area contributed by atoms with Crippen LogP contribution in [-0.2, 0) is 18.0 Å². The van der Waals surface area contributed by atoms with E-state index in [-0.39, 0.29) is 17.2 Å². The van der Waals surface area contributed by atoms with Gasteiger partial charge in [0, 0.05) is 38.5 Å². The maximum atomic E-state index is 14.1. The van der Waals surface area contributed by atoms with Gasteiger partial charge >= 0.3 is 6.18 Å². The number of nitrogens with zero attached hydrogens (tertiary/aromatic N) is 5. The third kappa shape index (κ3) is 4.28. The second-order valence-corrected chi connectivity index (χ2v) is 9.12. The molecule has 0 radical (unpaired) electrons. The SMILES string of the molecule is C[C@H](NC1=C(c2nc3cc(C(F)(F)F)c(N4CCOCC4)cc3[nH]2)CNc2cn(C)nc21)c1cocn1. The first-order valence-corrected chi connectivity index (χ1v) is 11.9. The molecule has 1 atom stereocenters. The van der Waals surface area contributed by atoms with Crippen LogP contribution in [0, 0.1) is 0 Å². The second kappa shape index (κ2) is 8.83. The van der Waals surface area contributed by atoms with Gasteiger partial charge in [0.2, 0.25) is 0 Å². The Labute approximate surface area is 209 Å². The summed E-state index contributed by atoms with van der Waals surface area (Å²) >= 11 is 0. The van der Waals surface area contributed by atoms with Gasteiger partial charge in [0.1, 0.15) is 23.5 Å². The molecule has 6 rings (SSSR count). The molecule has 4 aromatic rings. The zero-order valence-corrected chi connectivity index (χ0v) is 20.2. The summed E-state index contributed by atoms with van der Waals surface area (Å²) < 4.78 is 54.3. The number of fused-ring (bicyclic) bond motifs is 2. The minimum absolute atomic E-state index is 0.124. The third-order valence-electron chi connectivity index (χ3n) is 6.62. The van der Waals surface area contributed by atoms with Gasteiger partial charge in [-0.05, 0) is 19.1 Å². The van der Waals surface area contributed by atoms with E-state index in [0.29, 0.717) is 61.3 Å². The van der Waals surface area contributed by atoms with Crippen LogP contribution in [0.2, 0.25) is 0 Å². The number of aromatic amines is 1. The number of ether oxygens (including phenoxy) is 1. The third-order valence-corrected chi connectivity index (χ3v) is 6.62. The number of rotatable bonds is 5. The van der Waals surface area contributed by atoms with Crippen LogP contribution in [0.15, 0.2) is 35.4 Å². The van der Waals surface area contributed by atoms with E-state index in [1.165, 1.54) is 12.5 Å². The molecule has 1 fully saturated rings. The fourth-order valence-corrected chi connectivity index (χ4v) is 4.78. The van der Waals surface area contributed by atoms with Crippen molar-refractivity contribution in [3.05, 3.63) is 53.8 Å². The molecular weight excluding hydrogens is 489 g/mol. The van der Waals surface area contributed by atoms with Crippen molar-refractivity contribution in [3.63, 3.8) is 0 Å². The highest BCUT2D eigenvalue weighted by Gasteiger charge is 2.36. The van der Waals surface area contributed by atoms with Gasteiger partial charge in [-0.25, -0.2) is 9.97 Å². The highest BCUT2D eigenvalue weighted by Crippen LogP contribution is 2.40. The summed E-state index contributed by atoms with van der Waals surface area (Å²) in [6.07, 6.45) is 0.277. The van der Waals surface area contributed by atoms with E-state index < -0.39 is 11.7 Å². The summed E-state index contributed by atoms with van der Waals surface area (Å²) in [6.45, 7) is 3.88. The molecule has 2 aliphatic rings. The van der Waals surface area contributed by atoms with E-state index in [1.807, 2.05) is 20.2 Å². The van der Waals surface area contributed by atoms with Crippen LogP contribution in [-0.4, -0.2) is 57.6 Å². The highest BCUT2D eigenvalue weighted by molar-refractivity contribution is 5.97. The van der Waals surface area contributed by atoms with Crippen LogP contribution in [0.5, 0.6) is 0 Å². The van der Waals surface area contributed by atoms with Gasteiger partial charge in [0.15, 0.2) is 6.39 Å². The van der Waals surface area contributed by atoms with Crippen molar-refractivity contribution in [1.82, 2.24) is 30.0 Å². The minimum atomic E-state index is -4.52. The molecule has 1 aromatic carbocycles. The molecule has 3 aromatic heterocycles. The Bertz CT molecular complexity index is 1470. The van der Waals surface area contributed by atoms with Crippen LogP contribution in [0.25, 0.3) is 22.3 Å². The van der Waals surface area contributed by atoms with Crippen molar-refractivity contribution in [1.29, 1.82) is 0 Å². The first kappa shape index (κ1) is 23.4. The number of hydrogen-bond acceptors (Lipinski definition) is 8. The molecule has 10 nitrogen and oxygen atoms in total. The number of imidazole rings is 1. The average Bonchev–Trinajstić information content (AvgIpc) is 3.62. The van der Waals surface area contributed by atoms with Gasteiger partial charge < -0.3 is 29.7 Å². The molecule has 13 heteroatoms. The first-order chi connectivity index (χ1) is 17.8. The van der Waals surface area contributed by atoms with Gasteiger partial charge in [-0.2, -0.15) is 18.3 Å². The number of H-pyrrole nitrogens is 1. The zero-order chi connectivity index (χ0) is 25.7. The van der Waals surface area contributed by atoms with Crippen LogP contribution >= 0.6 is 0 Å². The van der Waals surface area contributed by atoms with E-state index in [2.05, 4.69) is 30.7 Å². The molecular formula is C24H25F3N8O2. The lowest BCUT2D eigenvalue weighted by atomic mass is 10.0. The van der Waals surface area contributed by atoms with Gasteiger partial charge in [0.25, 0.3) is 0 Å². The van der Waals surface area contributed by atoms with Crippen LogP contribution in [0.1, 0.15) is 35.7 Å². The van der Waals surface area contributed by atoms with Crippen molar-refractivity contribution in [2.45, 2.75) is 19.1 Å². The van der Waals surface area contributed by atoms with Crippen molar-refractivity contribution < 1.29 is 22.3 Å². The van der Waals surface area contributed by atoms with E-state index in [1.54, 1.807) is 15.8 Å². The van der Waals surface area contributed by atoms with Gasteiger partial charge in [-0.1, -0.05) is 0 Å². The van der Waals surface area contributed by atoms with Gasteiger partial charge in [-0.15, -0.1) is 0 Å². The standard InChI is InChI=1S/C24H25F3N8O2/c1-13(19-11-37-12-29-19)30-21-14(9-28-18-10-34(2)33-22(18)21)23-31-16-7-15(24(25,26)27)20(8-17(16)32-23)35-3-5-36-6-4-35/h7-8,10-13,28,30H,3-6,9H2,1-2H3,(H,31,32)/t13-/m0/s1. The molecule has 0 saturated carbocycles. The van der Waals surface area contributed by atoms with E-state index in [4.69, 9.17) is 9.15 Å². The number of aryl methyl sites for hydroxylation is 1. The Hall–Kier alpha value is -4.00. The van der Waals surface area contributed by atoms with E-state index in [9.17, 15) is 13.2 Å². The molecule has 3 N–H and O–H groups in total. The maximum absolute atomic E-state index is 14.1. The Balaban J connectivity index is 1.47.